The van der Waals surface area contributed by atoms with Crippen LogP contribution in [0.2, 0.25) is 0 Å². The first kappa shape index (κ1) is 22.7. The fourth-order valence-electron chi connectivity index (χ4n) is 6.43. The van der Waals surface area contributed by atoms with Gasteiger partial charge in [0, 0.05) is 18.0 Å². The Kier molecular flexibility index (Phi) is 5.15. The molecule has 9 heteroatoms. The Bertz CT molecular complexity index is 1280. The smallest absolute Gasteiger partial charge is 0.338 e. The van der Waals surface area contributed by atoms with Gasteiger partial charge in [0.05, 0.1) is 48.5 Å². The standard InChI is InChI=1S/C27H26N2O7/c1-3-34-26(33)15-6-4-7-16(12-15)28-24(31)21-20-9-10-27(36-20)22(21)25(32)29-17(19-8-5-11-35-19)13-18(30)14(2)23(27)29/h4-12,14,17,20-23H,3,13H2,1-2H3,(H,28,31)/t14-,17-,20+,21+,22-,23-,27-/m1/s1. The third-order valence-electron chi connectivity index (χ3n) is 7.90. The van der Waals surface area contributed by atoms with E-state index in [1.54, 1.807) is 48.2 Å². The van der Waals surface area contributed by atoms with Gasteiger partial charge in [0.1, 0.15) is 17.1 Å². The molecule has 0 radical (unpaired) electrons. The van der Waals surface area contributed by atoms with E-state index in [9.17, 15) is 19.2 Å². The van der Waals surface area contributed by atoms with Crippen LogP contribution in [0.5, 0.6) is 0 Å². The van der Waals surface area contributed by atoms with Crippen molar-refractivity contribution in [1.29, 1.82) is 0 Å². The molecule has 4 aliphatic rings. The number of carbonyl (C=O) groups is 4. The van der Waals surface area contributed by atoms with Crippen LogP contribution in [0.25, 0.3) is 0 Å². The van der Waals surface area contributed by atoms with Gasteiger partial charge < -0.3 is 24.1 Å². The van der Waals surface area contributed by atoms with Gasteiger partial charge in [0.2, 0.25) is 11.8 Å². The Morgan fingerprint density at radius 2 is 2.06 bits per heavy atom. The van der Waals surface area contributed by atoms with Gasteiger partial charge in [-0.3, -0.25) is 14.4 Å². The molecule has 1 N–H and O–H groups in total. The fraction of sp³-hybridized carbons (Fsp3) is 0.407. The van der Waals surface area contributed by atoms with Crippen molar-refractivity contribution >= 4 is 29.3 Å². The van der Waals surface area contributed by atoms with Crippen molar-refractivity contribution < 1.29 is 33.1 Å². The number of hydrogen-bond donors (Lipinski definition) is 1. The third-order valence-corrected chi connectivity index (χ3v) is 7.90. The number of hydrogen-bond acceptors (Lipinski definition) is 7. The molecule has 0 aliphatic carbocycles. The molecular weight excluding hydrogens is 464 g/mol. The number of fused-ring (bicyclic) bond motifs is 2. The molecule has 1 aromatic heterocycles. The zero-order chi connectivity index (χ0) is 25.2. The van der Waals surface area contributed by atoms with Crippen molar-refractivity contribution in [2.24, 2.45) is 17.8 Å². The van der Waals surface area contributed by atoms with E-state index in [1.165, 1.54) is 6.26 Å². The summed E-state index contributed by atoms with van der Waals surface area (Å²) in [4.78, 5) is 54.4. The second-order valence-electron chi connectivity index (χ2n) is 9.77. The Labute approximate surface area is 207 Å². The Morgan fingerprint density at radius 3 is 2.81 bits per heavy atom. The molecule has 6 rings (SSSR count). The Morgan fingerprint density at radius 1 is 1.22 bits per heavy atom. The number of benzene rings is 1. The molecule has 2 bridgehead atoms. The molecule has 186 valence electrons. The Hall–Kier alpha value is -3.72. The number of anilines is 1. The van der Waals surface area contributed by atoms with E-state index < -0.39 is 47.5 Å². The minimum absolute atomic E-state index is 0.0320. The first-order valence-electron chi connectivity index (χ1n) is 12.2. The molecule has 1 spiro atoms. The quantitative estimate of drug-likeness (QED) is 0.506. The second-order valence-corrected chi connectivity index (χ2v) is 9.77. The minimum atomic E-state index is -1.06. The van der Waals surface area contributed by atoms with Gasteiger partial charge in [-0.1, -0.05) is 25.1 Å². The maximum Gasteiger partial charge on any atom is 0.338 e. The van der Waals surface area contributed by atoms with Gasteiger partial charge in [-0.05, 0) is 37.3 Å². The van der Waals surface area contributed by atoms with Crippen LogP contribution in [0.15, 0.2) is 59.2 Å². The topological polar surface area (TPSA) is 115 Å². The highest BCUT2D eigenvalue weighted by Crippen LogP contribution is 2.60. The molecule has 3 fully saturated rings. The molecule has 2 aromatic rings. The summed E-state index contributed by atoms with van der Waals surface area (Å²) in [5.74, 6) is -2.49. The highest BCUT2D eigenvalue weighted by atomic mass is 16.5. The van der Waals surface area contributed by atoms with Crippen molar-refractivity contribution in [3.8, 4) is 0 Å². The summed E-state index contributed by atoms with van der Waals surface area (Å²) in [6, 6.07) is 8.91. The number of nitrogens with one attached hydrogen (secondary N) is 1. The first-order valence-corrected chi connectivity index (χ1v) is 12.2. The van der Waals surface area contributed by atoms with Gasteiger partial charge in [-0.25, -0.2) is 4.79 Å². The molecule has 3 saturated heterocycles. The van der Waals surface area contributed by atoms with Crippen LogP contribution in [0.3, 0.4) is 0 Å². The number of piperidine rings is 1. The van der Waals surface area contributed by atoms with E-state index >= 15 is 0 Å². The summed E-state index contributed by atoms with van der Waals surface area (Å²) in [5.41, 5.74) is -0.318. The number of ether oxygens (including phenoxy) is 2. The van der Waals surface area contributed by atoms with Crippen LogP contribution in [0.1, 0.15) is 42.4 Å². The van der Waals surface area contributed by atoms with Crippen LogP contribution in [-0.4, -0.2) is 52.8 Å². The van der Waals surface area contributed by atoms with E-state index in [-0.39, 0.29) is 30.6 Å². The molecule has 2 amide bonds. The summed E-state index contributed by atoms with van der Waals surface area (Å²) < 4.78 is 17.0. The summed E-state index contributed by atoms with van der Waals surface area (Å²) in [6.07, 6.45) is 4.78. The van der Waals surface area contributed by atoms with Gasteiger partial charge in [-0.15, -0.1) is 0 Å². The van der Waals surface area contributed by atoms with Crippen molar-refractivity contribution in [2.75, 3.05) is 11.9 Å². The van der Waals surface area contributed by atoms with E-state index in [2.05, 4.69) is 5.32 Å². The number of nitrogens with zero attached hydrogens (tertiary/aromatic N) is 1. The summed E-state index contributed by atoms with van der Waals surface area (Å²) in [7, 11) is 0. The average molecular weight is 491 g/mol. The first-order chi connectivity index (χ1) is 17.4. The number of Topliss-reactive ketones (excluding diaryl/α,β-unsaturated/α-hetero) is 1. The average Bonchev–Trinajstić information content (AvgIpc) is 3.64. The molecular formula is C27H26N2O7. The van der Waals surface area contributed by atoms with Crippen LogP contribution in [0.4, 0.5) is 5.69 Å². The monoisotopic (exact) mass is 490 g/mol. The highest BCUT2D eigenvalue weighted by Gasteiger charge is 2.74. The second kappa shape index (κ2) is 8.16. The molecule has 4 aliphatic heterocycles. The maximum atomic E-state index is 14.0. The molecule has 0 saturated carbocycles. The fourth-order valence-corrected chi connectivity index (χ4v) is 6.43. The largest absolute Gasteiger partial charge is 0.467 e. The van der Waals surface area contributed by atoms with Crippen molar-refractivity contribution in [3.05, 3.63) is 66.1 Å². The predicted octanol–water partition coefficient (Wildman–Crippen LogP) is 2.90. The molecule has 7 atom stereocenters. The van der Waals surface area contributed by atoms with Crippen molar-refractivity contribution in [2.45, 2.75) is 44.1 Å². The van der Waals surface area contributed by atoms with E-state index in [1.807, 2.05) is 19.1 Å². The predicted molar refractivity (Wildman–Crippen MR) is 126 cm³/mol. The van der Waals surface area contributed by atoms with Crippen LogP contribution in [-0.2, 0) is 23.9 Å². The maximum absolute atomic E-state index is 14.0. The lowest BCUT2D eigenvalue weighted by molar-refractivity contribution is -0.147. The molecule has 5 heterocycles. The van der Waals surface area contributed by atoms with Crippen LogP contribution < -0.4 is 5.32 Å². The zero-order valence-electron chi connectivity index (χ0n) is 19.9. The highest BCUT2D eigenvalue weighted by molar-refractivity contribution is 6.01. The zero-order valence-corrected chi connectivity index (χ0v) is 19.9. The number of furan rings is 1. The van der Waals surface area contributed by atoms with E-state index in [0.717, 1.165) is 0 Å². The molecule has 36 heavy (non-hydrogen) atoms. The lowest BCUT2D eigenvalue weighted by Crippen LogP contribution is -2.55. The van der Waals surface area contributed by atoms with Gasteiger partial charge in [-0.2, -0.15) is 0 Å². The minimum Gasteiger partial charge on any atom is -0.467 e. The van der Waals surface area contributed by atoms with Crippen molar-refractivity contribution in [3.63, 3.8) is 0 Å². The van der Waals surface area contributed by atoms with Gasteiger partial charge >= 0.3 is 5.97 Å². The number of esters is 1. The molecule has 9 nitrogen and oxygen atoms in total. The number of carbonyl (C=O) groups excluding carboxylic acids is 4. The van der Waals surface area contributed by atoms with Crippen LogP contribution in [0, 0.1) is 17.8 Å². The Balaban J connectivity index is 1.32. The molecule has 0 unspecified atom stereocenters. The molecule has 1 aromatic carbocycles. The van der Waals surface area contributed by atoms with Crippen LogP contribution >= 0.6 is 0 Å². The lowest BCUT2D eigenvalue weighted by atomic mass is 9.70. The third kappa shape index (κ3) is 3.12. The SMILES string of the molecule is CCOC(=O)c1cccc(NC(=O)[C@H]2[C@@H]3C=C[C@@]4(O3)[C@H]2C(=O)N2[C@@H](c3ccco3)CC(=O)[C@@H](C)[C@@H]24)c1. The summed E-state index contributed by atoms with van der Waals surface area (Å²) in [6.45, 7) is 3.78. The van der Waals surface area contributed by atoms with Crippen molar-refractivity contribution in [1.82, 2.24) is 4.90 Å². The normalized spacial score (nSPS) is 34.0. The lowest BCUT2D eigenvalue weighted by Gasteiger charge is -2.43. The number of rotatable bonds is 5. The number of amides is 2. The number of ketones is 1. The summed E-state index contributed by atoms with van der Waals surface area (Å²) in [5, 5.41) is 2.86. The van der Waals surface area contributed by atoms with Gasteiger partial charge in [0.25, 0.3) is 0 Å². The van der Waals surface area contributed by atoms with Gasteiger partial charge in [0.15, 0.2) is 0 Å². The van der Waals surface area contributed by atoms with E-state index in [0.29, 0.717) is 17.0 Å². The van der Waals surface area contributed by atoms with E-state index in [4.69, 9.17) is 13.9 Å². The summed E-state index contributed by atoms with van der Waals surface area (Å²) >= 11 is 0.